The van der Waals surface area contributed by atoms with E-state index in [1.807, 2.05) is 0 Å². The lowest BCUT2D eigenvalue weighted by molar-refractivity contribution is -0.344. The molecule has 3 heterocycles. The molecule has 0 aliphatic carbocycles. The Morgan fingerprint density at radius 2 is 1.82 bits per heavy atom. The third-order valence-electron chi connectivity index (χ3n) is 6.37. The first-order valence-corrected chi connectivity index (χ1v) is 13.1. The number of rotatable bonds is 7. The Morgan fingerprint density at radius 3 is 2.45 bits per heavy atom. The number of aromatic nitrogens is 1. The number of hydrogen-bond donors (Lipinski definition) is 1. The van der Waals surface area contributed by atoms with Crippen molar-refractivity contribution in [1.82, 2.24) is 14.6 Å². The van der Waals surface area contributed by atoms with E-state index in [1.54, 1.807) is 4.90 Å². The first-order chi connectivity index (χ1) is 17.8. The summed E-state index contributed by atoms with van der Waals surface area (Å²) in [6, 6.07) is 3.81. The molecule has 0 unspecified atom stereocenters. The Labute approximate surface area is 216 Å². The summed E-state index contributed by atoms with van der Waals surface area (Å²) >= 11 is 0. The predicted molar refractivity (Wildman–Crippen MR) is 124 cm³/mol. The molecule has 1 N–H and O–H groups in total. The molecule has 1 aromatic heterocycles. The molecule has 2 aliphatic heterocycles. The van der Waals surface area contributed by atoms with Crippen LogP contribution in [0.15, 0.2) is 41.4 Å². The standard InChI is InChI=1S/C23H24F6N4O4S.H2/c24-15-1-3-18(4-2-15)38(35,36)33-13-16(25)10-20(33)22(34)31-11-14-9-21(30-12-19(14)26)32-7-5-17(6-8-32)37-23(27,28)29;/h1-4,9,12,16-17,20H,5-8,10-11,13H2,(H,31,34);1H/t16-,20+;/m1./s1. The molecule has 2 saturated heterocycles. The lowest BCUT2D eigenvalue weighted by Crippen LogP contribution is -2.45. The van der Waals surface area contributed by atoms with Gasteiger partial charge in [0.05, 0.1) is 17.2 Å². The van der Waals surface area contributed by atoms with Crippen LogP contribution in [0.1, 0.15) is 26.3 Å². The Kier molecular flexibility index (Phi) is 8.18. The number of sulfonamides is 1. The quantitative estimate of drug-likeness (QED) is 0.514. The highest BCUT2D eigenvalue weighted by molar-refractivity contribution is 7.89. The molecule has 8 nitrogen and oxygen atoms in total. The van der Waals surface area contributed by atoms with Crippen molar-refractivity contribution in [3.63, 3.8) is 0 Å². The van der Waals surface area contributed by atoms with Crippen molar-refractivity contribution >= 4 is 21.7 Å². The van der Waals surface area contributed by atoms with Crippen LogP contribution in [0, 0.1) is 11.6 Å². The monoisotopic (exact) mass is 568 g/mol. The van der Waals surface area contributed by atoms with E-state index in [0.29, 0.717) is 4.31 Å². The molecule has 210 valence electrons. The number of piperidine rings is 1. The van der Waals surface area contributed by atoms with E-state index in [2.05, 4.69) is 15.0 Å². The molecule has 1 aromatic carbocycles. The van der Waals surface area contributed by atoms with Crippen LogP contribution in [0.25, 0.3) is 0 Å². The molecule has 2 atom stereocenters. The van der Waals surface area contributed by atoms with Gasteiger partial charge in [0, 0.05) is 39.6 Å². The number of alkyl halides is 4. The minimum Gasteiger partial charge on any atom is -0.356 e. The lowest BCUT2D eigenvalue weighted by Gasteiger charge is -2.33. The maximum Gasteiger partial charge on any atom is 0.522 e. The number of nitrogens with zero attached hydrogens (tertiary/aromatic N) is 3. The van der Waals surface area contributed by atoms with Gasteiger partial charge in [-0.15, -0.1) is 13.2 Å². The SMILES string of the molecule is O=C(NCc1cc(N2CCC(OC(F)(F)F)CC2)ncc1F)[C@@H]1C[C@@H](F)CN1S(=O)(=O)c1ccc(F)cc1.[HH]. The van der Waals surface area contributed by atoms with Gasteiger partial charge in [0.15, 0.2) is 0 Å². The smallest absolute Gasteiger partial charge is 0.356 e. The van der Waals surface area contributed by atoms with Crippen molar-refractivity contribution in [1.29, 1.82) is 0 Å². The number of carbonyl (C=O) groups is 1. The van der Waals surface area contributed by atoms with Crippen LogP contribution in [0.4, 0.5) is 32.2 Å². The molecule has 0 radical (unpaired) electrons. The van der Waals surface area contributed by atoms with Gasteiger partial charge in [-0.1, -0.05) is 0 Å². The van der Waals surface area contributed by atoms with Gasteiger partial charge >= 0.3 is 6.36 Å². The number of amides is 1. The van der Waals surface area contributed by atoms with Crippen LogP contribution >= 0.6 is 0 Å². The average Bonchev–Trinajstić information content (AvgIpc) is 3.26. The van der Waals surface area contributed by atoms with Gasteiger partial charge in [0.2, 0.25) is 15.9 Å². The zero-order chi connectivity index (χ0) is 27.7. The molecule has 0 saturated carbocycles. The van der Waals surface area contributed by atoms with Crippen molar-refractivity contribution < 1.29 is 45.7 Å². The molecule has 38 heavy (non-hydrogen) atoms. The van der Waals surface area contributed by atoms with Gasteiger partial charge in [-0.3, -0.25) is 9.53 Å². The highest BCUT2D eigenvalue weighted by Gasteiger charge is 2.44. The Bertz CT molecular complexity index is 1260. The number of hydrogen-bond acceptors (Lipinski definition) is 6. The second-order valence-corrected chi connectivity index (χ2v) is 10.9. The highest BCUT2D eigenvalue weighted by atomic mass is 32.2. The summed E-state index contributed by atoms with van der Waals surface area (Å²) in [5, 5.41) is 2.42. The van der Waals surface area contributed by atoms with Crippen molar-refractivity contribution in [2.24, 2.45) is 0 Å². The summed E-state index contributed by atoms with van der Waals surface area (Å²) in [5.41, 5.74) is -0.000230. The van der Waals surface area contributed by atoms with Crippen LogP contribution in [0.2, 0.25) is 0 Å². The number of halogens is 6. The number of anilines is 1. The first kappa shape index (κ1) is 28.1. The van der Waals surface area contributed by atoms with Gasteiger partial charge in [0.25, 0.3) is 0 Å². The average molecular weight is 569 g/mol. The van der Waals surface area contributed by atoms with Crippen molar-refractivity contribution in [3.05, 3.63) is 53.7 Å². The summed E-state index contributed by atoms with van der Waals surface area (Å²) in [6.45, 7) is -0.575. The molecule has 0 spiro atoms. The van der Waals surface area contributed by atoms with Crippen LogP contribution in [-0.2, 0) is 26.1 Å². The third-order valence-corrected chi connectivity index (χ3v) is 8.26. The van der Waals surface area contributed by atoms with E-state index in [0.717, 1.165) is 30.5 Å². The van der Waals surface area contributed by atoms with Crippen LogP contribution in [0.5, 0.6) is 0 Å². The second-order valence-electron chi connectivity index (χ2n) is 8.98. The number of carbonyl (C=O) groups excluding carboxylic acids is 1. The lowest BCUT2D eigenvalue weighted by atomic mass is 10.1. The first-order valence-electron chi connectivity index (χ1n) is 11.7. The summed E-state index contributed by atoms with van der Waals surface area (Å²) in [4.78, 5) is 18.2. The summed E-state index contributed by atoms with van der Waals surface area (Å²) in [7, 11) is -4.32. The zero-order valence-corrected chi connectivity index (χ0v) is 20.6. The largest absolute Gasteiger partial charge is 0.522 e. The van der Waals surface area contributed by atoms with Gasteiger partial charge < -0.3 is 10.2 Å². The van der Waals surface area contributed by atoms with E-state index in [1.165, 1.54) is 6.07 Å². The number of pyridine rings is 1. The normalized spacial score (nSPS) is 21.6. The fraction of sp³-hybridized carbons (Fsp3) is 0.478. The Balaban J connectivity index is 0.00000420. The molecule has 4 rings (SSSR count). The summed E-state index contributed by atoms with van der Waals surface area (Å²) in [5.74, 6) is -2.00. The minimum absolute atomic E-state index is 0. The van der Waals surface area contributed by atoms with Gasteiger partial charge in [-0.2, -0.15) is 4.31 Å². The van der Waals surface area contributed by atoms with Crippen LogP contribution < -0.4 is 10.2 Å². The molecule has 2 aromatic rings. The fourth-order valence-electron chi connectivity index (χ4n) is 4.47. The van der Waals surface area contributed by atoms with Gasteiger partial charge in [-0.05, 0) is 43.2 Å². The summed E-state index contributed by atoms with van der Waals surface area (Å²) < 4.78 is 110. The number of nitrogens with one attached hydrogen (secondary N) is 1. The topological polar surface area (TPSA) is 91.8 Å². The van der Waals surface area contributed by atoms with E-state index in [4.69, 9.17) is 0 Å². The van der Waals surface area contributed by atoms with Gasteiger partial charge in [-0.25, -0.2) is 26.6 Å². The van der Waals surface area contributed by atoms with Gasteiger partial charge in [0.1, 0.15) is 29.7 Å². The van der Waals surface area contributed by atoms with Crippen LogP contribution in [-0.4, -0.2) is 67.9 Å². The number of benzene rings is 1. The molecular weight excluding hydrogens is 542 g/mol. The zero-order valence-electron chi connectivity index (χ0n) is 19.8. The minimum atomic E-state index is -4.73. The molecule has 2 fully saturated rings. The maximum absolute atomic E-state index is 14.4. The van der Waals surface area contributed by atoms with E-state index >= 15 is 0 Å². The predicted octanol–water partition coefficient (Wildman–Crippen LogP) is 3.53. The Hall–Kier alpha value is -2.91. The maximum atomic E-state index is 14.4. The molecule has 1 amide bonds. The van der Waals surface area contributed by atoms with E-state index < -0.39 is 65.2 Å². The second kappa shape index (κ2) is 11.1. The van der Waals surface area contributed by atoms with Crippen molar-refractivity contribution in [2.75, 3.05) is 24.5 Å². The molecular formula is C23H26F6N4O4S. The fourth-order valence-corrected chi connectivity index (χ4v) is 6.10. The molecule has 15 heteroatoms. The third kappa shape index (κ3) is 6.56. The van der Waals surface area contributed by atoms with E-state index in [9.17, 15) is 39.6 Å². The van der Waals surface area contributed by atoms with Crippen LogP contribution in [0.3, 0.4) is 0 Å². The summed E-state index contributed by atoms with van der Waals surface area (Å²) in [6.07, 6.45) is -6.69. The molecule has 0 bridgehead atoms. The van der Waals surface area contributed by atoms with Crippen molar-refractivity contribution in [2.45, 2.75) is 55.4 Å². The number of ether oxygens (including phenoxy) is 1. The highest BCUT2D eigenvalue weighted by Crippen LogP contribution is 2.29. The van der Waals surface area contributed by atoms with Crippen molar-refractivity contribution in [3.8, 4) is 0 Å². The Morgan fingerprint density at radius 1 is 1.16 bits per heavy atom. The van der Waals surface area contributed by atoms with E-state index in [-0.39, 0.29) is 50.2 Å². The molecule has 2 aliphatic rings.